The SMILES string of the molecule is CC(=O)O[C@H]1CC=C2[C@@H]1[C@H](c1ccccc1)OC(=O)N2Cc1ccccc1. The summed E-state index contributed by atoms with van der Waals surface area (Å²) in [5.41, 5.74) is 2.79. The second kappa shape index (κ2) is 7.27. The number of hydrogen-bond acceptors (Lipinski definition) is 4. The summed E-state index contributed by atoms with van der Waals surface area (Å²) < 4.78 is 11.4. The molecule has 1 aliphatic heterocycles. The molecule has 2 aromatic rings. The van der Waals surface area contributed by atoms with Crippen molar-refractivity contribution in [1.82, 2.24) is 4.90 Å². The van der Waals surface area contributed by atoms with Gasteiger partial charge in [-0.15, -0.1) is 0 Å². The molecule has 0 radical (unpaired) electrons. The Morgan fingerprint density at radius 3 is 2.44 bits per heavy atom. The van der Waals surface area contributed by atoms with Crippen LogP contribution in [0.25, 0.3) is 0 Å². The third-order valence-electron chi connectivity index (χ3n) is 5.02. The Bertz CT molecular complexity index is 862. The van der Waals surface area contributed by atoms with Gasteiger partial charge in [-0.1, -0.05) is 66.7 Å². The monoisotopic (exact) mass is 363 g/mol. The molecule has 2 aliphatic rings. The summed E-state index contributed by atoms with van der Waals surface area (Å²) in [4.78, 5) is 26.1. The van der Waals surface area contributed by atoms with Gasteiger partial charge < -0.3 is 9.47 Å². The van der Waals surface area contributed by atoms with E-state index in [0.717, 1.165) is 16.8 Å². The number of hydrogen-bond donors (Lipinski definition) is 0. The van der Waals surface area contributed by atoms with Gasteiger partial charge in [0, 0.05) is 19.0 Å². The van der Waals surface area contributed by atoms with Crippen molar-refractivity contribution in [1.29, 1.82) is 0 Å². The molecule has 138 valence electrons. The molecule has 1 fully saturated rings. The molecule has 2 aromatic carbocycles. The third-order valence-corrected chi connectivity index (χ3v) is 5.02. The average molecular weight is 363 g/mol. The zero-order valence-electron chi connectivity index (χ0n) is 15.1. The lowest BCUT2D eigenvalue weighted by molar-refractivity contribution is -0.150. The highest BCUT2D eigenvalue weighted by atomic mass is 16.6. The van der Waals surface area contributed by atoms with Crippen LogP contribution in [0.3, 0.4) is 0 Å². The largest absolute Gasteiger partial charge is 0.461 e. The third kappa shape index (κ3) is 3.45. The van der Waals surface area contributed by atoms with Crippen LogP contribution in [0.5, 0.6) is 0 Å². The van der Waals surface area contributed by atoms with Crippen LogP contribution in [0.2, 0.25) is 0 Å². The Balaban J connectivity index is 1.67. The van der Waals surface area contributed by atoms with Crippen molar-refractivity contribution in [2.45, 2.75) is 32.1 Å². The minimum Gasteiger partial charge on any atom is -0.461 e. The first kappa shape index (κ1) is 17.3. The Morgan fingerprint density at radius 1 is 1.11 bits per heavy atom. The molecule has 0 spiro atoms. The summed E-state index contributed by atoms with van der Waals surface area (Å²) in [5, 5.41) is 0. The molecule has 27 heavy (non-hydrogen) atoms. The smallest absolute Gasteiger partial charge is 0.414 e. The van der Waals surface area contributed by atoms with E-state index < -0.39 is 6.10 Å². The van der Waals surface area contributed by atoms with Gasteiger partial charge >= 0.3 is 12.1 Å². The molecule has 1 heterocycles. The fraction of sp³-hybridized carbons (Fsp3) is 0.273. The van der Waals surface area contributed by atoms with Crippen LogP contribution >= 0.6 is 0 Å². The highest BCUT2D eigenvalue weighted by Gasteiger charge is 2.48. The van der Waals surface area contributed by atoms with Crippen molar-refractivity contribution < 1.29 is 19.1 Å². The maximum atomic E-state index is 12.8. The number of esters is 1. The van der Waals surface area contributed by atoms with Crippen molar-refractivity contribution in [3.8, 4) is 0 Å². The molecule has 1 aliphatic carbocycles. The topological polar surface area (TPSA) is 55.8 Å². The molecule has 0 saturated carbocycles. The molecular formula is C22H21NO4. The van der Waals surface area contributed by atoms with Gasteiger partial charge in [-0.3, -0.25) is 9.69 Å². The molecule has 5 heteroatoms. The normalized spacial score (nSPS) is 24.0. The first-order valence-electron chi connectivity index (χ1n) is 9.08. The number of ether oxygens (including phenoxy) is 2. The van der Waals surface area contributed by atoms with Gasteiger partial charge in [-0.05, 0) is 11.1 Å². The van der Waals surface area contributed by atoms with Gasteiger partial charge in [-0.2, -0.15) is 0 Å². The van der Waals surface area contributed by atoms with E-state index in [-0.39, 0.29) is 24.1 Å². The molecule has 5 nitrogen and oxygen atoms in total. The predicted octanol–water partition coefficient (Wildman–Crippen LogP) is 4.22. The van der Waals surface area contributed by atoms with Gasteiger partial charge in [0.2, 0.25) is 0 Å². The van der Waals surface area contributed by atoms with Gasteiger partial charge in [0.1, 0.15) is 12.2 Å². The predicted molar refractivity (Wildman–Crippen MR) is 99.4 cm³/mol. The summed E-state index contributed by atoms with van der Waals surface area (Å²) in [6.45, 7) is 1.84. The summed E-state index contributed by atoms with van der Waals surface area (Å²) >= 11 is 0. The number of nitrogens with zero attached hydrogens (tertiary/aromatic N) is 1. The standard InChI is InChI=1S/C22H21NO4/c1-15(24)26-19-13-12-18-20(19)21(17-10-6-3-7-11-17)27-22(25)23(18)14-16-8-4-2-5-9-16/h2-12,19-21H,13-14H2,1H3/t19-,20-,21-/m0/s1. The highest BCUT2D eigenvalue weighted by molar-refractivity contribution is 5.73. The van der Waals surface area contributed by atoms with Crippen molar-refractivity contribution in [3.05, 3.63) is 83.6 Å². The molecule has 0 aromatic heterocycles. The number of benzene rings is 2. The molecule has 4 rings (SSSR count). The van der Waals surface area contributed by atoms with Crippen molar-refractivity contribution in [2.24, 2.45) is 5.92 Å². The lowest BCUT2D eigenvalue weighted by atomic mass is 9.89. The number of cyclic esters (lactones) is 1. The van der Waals surface area contributed by atoms with Gasteiger partial charge in [0.15, 0.2) is 0 Å². The Kier molecular flexibility index (Phi) is 4.67. The van der Waals surface area contributed by atoms with E-state index in [9.17, 15) is 9.59 Å². The average Bonchev–Trinajstić information content (AvgIpc) is 3.08. The van der Waals surface area contributed by atoms with E-state index in [1.54, 1.807) is 4.90 Å². The second-order valence-corrected chi connectivity index (χ2v) is 6.83. The second-order valence-electron chi connectivity index (χ2n) is 6.83. The lowest BCUT2D eigenvalue weighted by Crippen LogP contribution is -2.44. The van der Waals surface area contributed by atoms with Crippen molar-refractivity contribution in [2.75, 3.05) is 0 Å². The zero-order chi connectivity index (χ0) is 18.8. The van der Waals surface area contributed by atoms with E-state index in [1.165, 1.54) is 6.92 Å². The first-order chi connectivity index (χ1) is 13.1. The van der Waals surface area contributed by atoms with Gasteiger partial charge in [0.25, 0.3) is 0 Å². The van der Waals surface area contributed by atoms with E-state index in [4.69, 9.17) is 9.47 Å². The summed E-state index contributed by atoms with van der Waals surface area (Å²) in [6.07, 6.45) is 1.39. The van der Waals surface area contributed by atoms with Crippen LogP contribution in [-0.4, -0.2) is 23.1 Å². The highest BCUT2D eigenvalue weighted by Crippen LogP contribution is 2.46. The zero-order valence-corrected chi connectivity index (χ0v) is 15.1. The van der Waals surface area contributed by atoms with Gasteiger partial charge in [-0.25, -0.2) is 4.79 Å². The van der Waals surface area contributed by atoms with Crippen molar-refractivity contribution in [3.63, 3.8) is 0 Å². The number of rotatable bonds is 4. The Hall–Kier alpha value is -3.08. The fourth-order valence-corrected chi connectivity index (χ4v) is 3.88. The summed E-state index contributed by atoms with van der Waals surface area (Å²) in [6, 6.07) is 19.4. The minimum atomic E-state index is -0.469. The van der Waals surface area contributed by atoms with E-state index in [2.05, 4.69) is 0 Å². The van der Waals surface area contributed by atoms with Crippen LogP contribution in [-0.2, 0) is 20.8 Å². The van der Waals surface area contributed by atoms with Crippen LogP contribution < -0.4 is 0 Å². The molecular weight excluding hydrogens is 342 g/mol. The van der Waals surface area contributed by atoms with Crippen molar-refractivity contribution >= 4 is 12.1 Å². The number of fused-ring (bicyclic) bond motifs is 1. The van der Waals surface area contributed by atoms with E-state index >= 15 is 0 Å². The minimum absolute atomic E-state index is 0.210. The molecule has 3 atom stereocenters. The maximum absolute atomic E-state index is 12.8. The maximum Gasteiger partial charge on any atom is 0.414 e. The molecule has 0 N–H and O–H groups in total. The number of amides is 1. The molecule has 0 unspecified atom stereocenters. The molecule has 1 amide bonds. The van der Waals surface area contributed by atoms with Crippen LogP contribution in [0.4, 0.5) is 4.79 Å². The van der Waals surface area contributed by atoms with Crippen LogP contribution in [0, 0.1) is 5.92 Å². The van der Waals surface area contributed by atoms with Crippen LogP contribution in [0.15, 0.2) is 72.4 Å². The lowest BCUT2D eigenvalue weighted by Gasteiger charge is -2.40. The number of carbonyl (C=O) groups excluding carboxylic acids is 2. The molecule has 1 saturated heterocycles. The van der Waals surface area contributed by atoms with Gasteiger partial charge in [0.05, 0.1) is 12.5 Å². The van der Waals surface area contributed by atoms with Crippen LogP contribution in [0.1, 0.15) is 30.6 Å². The molecule has 0 bridgehead atoms. The Labute approximate surface area is 158 Å². The quantitative estimate of drug-likeness (QED) is 0.764. The summed E-state index contributed by atoms with van der Waals surface area (Å²) in [7, 11) is 0. The number of carbonyl (C=O) groups is 2. The summed E-state index contributed by atoms with van der Waals surface area (Å²) in [5.74, 6) is -0.536. The fourth-order valence-electron chi connectivity index (χ4n) is 3.88. The first-order valence-corrected chi connectivity index (χ1v) is 9.08. The Morgan fingerprint density at radius 2 is 1.78 bits per heavy atom. The van der Waals surface area contributed by atoms with E-state index in [0.29, 0.717) is 13.0 Å². The van der Waals surface area contributed by atoms with E-state index in [1.807, 2.05) is 66.7 Å².